The van der Waals surface area contributed by atoms with Crippen LogP contribution in [0.1, 0.15) is 11.1 Å². The minimum absolute atomic E-state index is 0.0930. The van der Waals surface area contributed by atoms with Crippen LogP contribution < -0.4 is 14.4 Å². The number of rotatable bonds is 5. The van der Waals surface area contributed by atoms with E-state index in [-0.39, 0.29) is 5.91 Å². The van der Waals surface area contributed by atoms with Gasteiger partial charge in [-0.05, 0) is 29.8 Å². The lowest BCUT2D eigenvalue weighted by Gasteiger charge is -2.36. The minimum Gasteiger partial charge on any atom is -0.493 e. The minimum atomic E-state index is 0.0930. The quantitative estimate of drug-likeness (QED) is 0.814. The first-order chi connectivity index (χ1) is 13.2. The Hall–Kier alpha value is -3.20. The lowest BCUT2D eigenvalue weighted by atomic mass is 10.1. The molecule has 0 bridgehead atoms. The van der Waals surface area contributed by atoms with E-state index in [2.05, 4.69) is 11.0 Å². The van der Waals surface area contributed by atoms with Crippen molar-refractivity contribution in [3.05, 3.63) is 53.6 Å². The molecule has 1 fully saturated rings. The Labute approximate surface area is 159 Å². The maximum Gasteiger partial charge on any atom is 0.227 e. The lowest BCUT2D eigenvalue weighted by molar-refractivity contribution is -0.130. The van der Waals surface area contributed by atoms with E-state index in [4.69, 9.17) is 9.47 Å². The molecule has 0 unspecified atom stereocenters. The monoisotopic (exact) mass is 365 g/mol. The number of amides is 1. The van der Waals surface area contributed by atoms with Gasteiger partial charge in [-0.1, -0.05) is 18.2 Å². The molecule has 1 saturated heterocycles. The molecule has 0 atom stereocenters. The van der Waals surface area contributed by atoms with E-state index >= 15 is 0 Å². The van der Waals surface area contributed by atoms with Crippen molar-refractivity contribution in [3.63, 3.8) is 0 Å². The third kappa shape index (κ3) is 4.14. The summed E-state index contributed by atoms with van der Waals surface area (Å²) in [6.45, 7) is 2.73. The van der Waals surface area contributed by atoms with Gasteiger partial charge < -0.3 is 19.3 Å². The summed E-state index contributed by atoms with van der Waals surface area (Å²) in [5, 5.41) is 9.27. The van der Waals surface area contributed by atoms with Crippen molar-refractivity contribution < 1.29 is 14.3 Å². The summed E-state index contributed by atoms with van der Waals surface area (Å²) in [7, 11) is 3.17. The Bertz CT molecular complexity index is 852. The molecule has 27 heavy (non-hydrogen) atoms. The number of hydrogen-bond donors (Lipinski definition) is 0. The molecule has 0 N–H and O–H groups in total. The molecular weight excluding hydrogens is 342 g/mol. The van der Waals surface area contributed by atoms with E-state index in [1.54, 1.807) is 14.2 Å². The zero-order valence-electron chi connectivity index (χ0n) is 15.6. The smallest absolute Gasteiger partial charge is 0.227 e. The lowest BCUT2D eigenvalue weighted by Crippen LogP contribution is -2.49. The van der Waals surface area contributed by atoms with Crippen molar-refractivity contribution >= 4 is 11.6 Å². The molecular formula is C21H23N3O3. The number of ether oxygens (including phenoxy) is 2. The molecule has 0 saturated carbocycles. The van der Waals surface area contributed by atoms with Gasteiger partial charge in [-0.15, -0.1) is 0 Å². The Balaban J connectivity index is 1.61. The van der Waals surface area contributed by atoms with Crippen LogP contribution in [0.4, 0.5) is 5.69 Å². The van der Waals surface area contributed by atoms with Gasteiger partial charge >= 0.3 is 0 Å². The van der Waals surface area contributed by atoms with Gasteiger partial charge in [0.05, 0.1) is 31.9 Å². The van der Waals surface area contributed by atoms with Crippen LogP contribution in [-0.2, 0) is 11.2 Å². The van der Waals surface area contributed by atoms with Crippen LogP contribution in [0.3, 0.4) is 0 Å². The van der Waals surface area contributed by atoms with Crippen molar-refractivity contribution in [3.8, 4) is 17.6 Å². The first-order valence-corrected chi connectivity index (χ1v) is 8.89. The van der Waals surface area contributed by atoms with Gasteiger partial charge in [0.25, 0.3) is 0 Å². The van der Waals surface area contributed by atoms with Crippen molar-refractivity contribution in [2.45, 2.75) is 6.42 Å². The largest absolute Gasteiger partial charge is 0.493 e. The summed E-state index contributed by atoms with van der Waals surface area (Å²) in [6, 6.07) is 15.4. The summed E-state index contributed by atoms with van der Waals surface area (Å²) >= 11 is 0. The van der Waals surface area contributed by atoms with Crippen LogP contribution in [0.5, 0.6) is 11.5 Å². The van der Waals surface area contributed by atoms with Crippen LogP contribution in [0.25, 0.3) is 0 Å². The first kappa shape index (κ1) is 18.6. The number of benzene rings is 2. The number of carbonyl (C=O) groups excluding carboxylic acids is 1. The highest BCUT2D eigenvalue weighted by Gasteiger charge is 2.23. The molecule has 2 aromatic carbocycles. The SMILES string of the molecule is COc1ccc(CC(=O)N2CCN(c3ccccc3C#N)CC2)cc1OC. The topological polar surface area (TPSA) is 65.8 Å². The Morgan fingerprint density at radius 2 is 1.74 bits per heavy atom. The van der Waals surface area contributed by atoms with Crippen LogP contribution >= 0.6 is 0 Å². The predicted octanol–water partition coefficient (Wildman–Crippen LogP) is 2.47. The third-order valence-corrected chi connectivity index (χ3v) is 4.80. The number of anilines is 1. The van der Waals surface area contributed by atoms with Crippen molar-refractivity contribution in [2.24, 2.45) is 0 Å². The van der Waals surface area contributed by atoms with Gasteiger partial charge in [-0.25, -0.2) is 0 Å². The molecule has 1 amide bonds. The number of nitriles is 1. The Morgan fingerprint density at radius 3 is 2.41 bits per heavy atom. The molecule has 0 spiro atoms. The molecule has 1 heterocycles. The summed E-state index contributed by atoms with van der Waals surface area (Å²) in [6.07, 6.45) is 0.329. The maximum absolute atomic E-state index is 12.7. The number of piperazine rings is 1. The molecule has 0 radical (unpaired) electrons. The van der Waals surface area contributed by atoms with Crippen molar-refractivity contribution in [1.29, 1.82) is 5.26 Å². The molecule has 6 nitrogen and oxygen atoms in total. The Kier molecular flexibility index (Phi) is 5.82. The molecule has 0 aromatic heterocycles. The van der Waals surface area contributed by atoms with Gasteiger partial charge in [0.1, 0.15) is 6.07 Å². The van der Waals surface area contributed by atoms with Crippen LogP contribution in [-0.4, -0.2) is 51.2 Å². The van der Waals surface area contributed by atoms with Crippen LogP contribution in [0.2, 0.25) is 0 Å². The molecule has 1 aliphatic rings. The summed E-state index contributed by atoms with van der Waals surface area (Å²) in [4.78, 5) is 16.7. The standard InChI is InChI=1S/C21H23N3O3/c1-26-19-8-7-16(13-20(19)27-2)14-21(25)24-11-9-23(10-12-24)18-6-4-3-5-17(18)15-22/h3-8,13H,9-12,14H2,1-2H3. The van der Waals surface area contributed by atoms with Crippen LogP contribution in [0.15, 0.2) is 42.5 Å². The number of hydrogen-bond acceptors (Lipinski definition) is 5. The first-order valence-electron chi connectivity index (χ1n) is 8.89. The fourth-order valence-electron chi connectivity index (χ4n) is 3.32. The highest BCUT2D eigenvalue weighted by atomic mass is 16.5. The highest BCUT2D eigenvalue weighted by Crippen LogP contribution is 2.28. The number of nitrogens with zero attached hydrogens (tertiary/aromatic N) is 3. The predicted molar refractivity (Wildman–Crippen MR) is 103 cm³/mol. The number of para-hydroxylation sites is 1. The number of carbonyl (C=O) groups is 1. The fourth-order valence-corrected chi connectivity index (χ4v) is 3.32. The van der Waals surface area contributed by atoms with Gasteiger partial charge in [-0.3, -0.25) is 4.79 Å². The fraction of sp³-hybridized carbons (Fsp3) is 0.333. The third-order valence-electron chi connectivity index (χ3n) is 4.80. The average Bonchev–Trinajstić information content (AvgIpc) is 2.73. The van der Waals surface area contributed by atoms with E-state index in [1.165, 1.54) is 0 Å². The van der Waals surface area contributed by atoms with E-state index in [0.29, 0.717) is 36.6 Å². The highest BCUT2D eigenvalue weighted by molar-refractivity contribution is 5.79. The molecule has 6 heteroatoms. The van der Waals surface area contributed by atoms with E-state index < -0.39 is 0 Å². The molecule has 3 rings (SSSR count). The second-order valence-corrected chi connectivity index (χ2v) is 6.36. The van der Waals surface area contributed by atoms with Crippen LogP contribution in [0, 0.1) is 11.3 Å². The van der Waals surface area contributed by atoms with E-state index in [9.17, 15) is 10.1 Å². The van der Waals surface area contributed by atoms with Crippen molar-refractivity contribution in [1.82, 2.24) is 4.90 Å². The normalized spacial score (nSPS) is 13.8. The molecule has 2 aromatic rings. The zero-order valence-corrected chi connectivity index (χ0v) is 15.6. The average molecular weight is 365 g/mol. The maximum atomic E-state index is 12.7. The molecule has 1 aliphatic heterocycles. The summed E-state index contributed by atoms with van der Waals surface area (Å²) in [5.41, 5.74) is 2.50. The summed E-state index contributed by atoms with van der Waals surface area (Å²) in [5.74, 6) is 1.37. The van der Waals surface area contributed by atoms with Gasteiger partial charge in [-0.2, -0.15) is 5.26 Å². The molecule has 140 valence electrons. The second kappa shape index (κ2) is 8.45. The van der Waals surface area contributed by atoms with Gasteiger partial charge in [0, 0.05) is 26.2 Å². The van der Waals surface area contributed by atoms with E-state index in [1.807, 2.05) is 47.4 Å². The summed E-state index contributed by atoms with van der Waals surface area (Å²) < 4.78 is 10.5. The Morgan fingerprint density at radius 1 is 1.04 bits per heavy atom. The second-order valence-electron chi connectivity index (χ2n) is 6.36. The zero-order chi connectivity index (χ0) is 19.2. The molecule has 0 aliphatic carbocycles. The van der Waals surface area contributed by atoms with E-state index in [0.717, 1.165) is 24.3 Å². The van der Waals surface area contributed by atoms with Gasteiger partial charge in [0.15, 0.2) is 11.5 Å². The van der Waals surface area contributed by atoms with Gasteiger partial charge in [0.2, 0.25) is 5.91 Å². The van der Waals surface area contributed by atoms with Crippen molar-refractivity contribution in [2.75, 3.05) is 45.3 Å². The number of methoxy groups -OCH3 is 2.